The van der Waals surface area contributed by atoms with Crippen LogP contribution in [0.25, 0.3) is 0 Å². The maximum atomic E-state index is 10.9. The second kappa shape index (κ2) is 6.16. The molecule has 0 aromatic carbocycles. The van der Waals surface area contributed by atoms with E-state index in [1.165, 1.54) is 5.56 Å². The first kappa shape index (κ1) is 14.0. The van der Waals surface area contributed by atoms with Crippen LogP contribution in [0.15, 0.2) is 12.4 Å². The Labute approximate surface area is 113 Å². The van der Waals surface area contributed by atoms with E-state index in [4.69, 9.17) is 5.11 Å². The molecule has 1 atom stereocenters. The molecule has 0 amide bonds. The van der Waals surface area contributed by atoms with Crippen LogP contribution in [0.2, 0.25) is 0 Å². The quantitative estimate of drug-likeness (QED) is 0.840. The first-order valence-corrected chi connectivity index (χ1v) is 6.80. The van der Waals surface area contributed by atoms with Gasteiger partial charge in [0, 0.05) is 51.0 Å². The number of carbonyl (C=O) groups is 1. The van der Waals surface area contributed by atoms with E-state index in [0.29, 0.717) is 0 Å². The molecule has 1 N–H and O–H groups in total. The van der Waals surface area contributed by atoms with Crippen molar-refractivity contribution >= 4 is 5.97 Å². The molecule has 1 fully saturated rings. The third-order valence-electron chi connectivity index (χ3n) is 3.73. The molecule has 0 saturated carbocycles. The van der Waals surface area contributed by atoms with Gasteiger partial charge in [0.25, 0.3) is 0 Å². The van der Waals surface area contributed by atoms with Crippen LogP contribution in [0.3, 0.4) is 0 Å². The van der Waals surface area contributed by atoms with Crippen molar-refractivity contribution in [2.24, 2.45) is 0 Å². The highest BCUT2D eigenvalue weighted by Gasteiger charge is 2.25. The van der Waals surface area contributed by atoms with Crippen LogP contribution in [0.1, 0.15) is 19.4 Å². The van der Waals surface area contributed by atoms with Gasteiger partial charge in [-0.2, -0.15) is 5.10 Å². The van der Waals surface area contributed by atoms with E-state index in [-0.39, 0.29) is 6.04 Å². The molecule has 19 heavy (non-hydrogen) atoms. The number of aromatic nitrogens is 2. The summed E-state index contributed by atoms with van der Waals surface area (Å²) in [7, 11) is 0. The number of hydrogen-bond acceptors (Lipinski definition) is 4. The summed E-state index contributed by atoms with van der Waals surface area (Å²) in [5.41, 5.74) is 1.22. The molecule has 1 saturated heterocycles. The number of aryl methyl sites for hydroxylation is 1. The first-order chi connectivity index (χ1) is 9.10. The lowest BCUT2D eigenvalue weighted by atomic mass is 10.2. The van der Waals surface area contributed by atoms with Gasteiger partial charge >= 0.3 is 5.97 Å². The highest BCUT2D eigenvalue weighted by atomic mass is 16.4. The van der Waals surface area contributed by atoms with Crippen LogP contribution in [0, 0.1) is 0 Å². The number of hydrogen-bond donors (Lipinski definition) is 1. The molecule has 0 radical (unpaired) electrons. The van der Waals surface area contributed by atoms with Crippen LogP contribution in [-0.2, 0) is 17.9 Å². The van der Waals surface area contributed by atoms with Crippen LogP contribution in [-0.4, -0.2) is 62.9 Å². The van der Waals surface area contributed by atoms with Crippen molar-refractivity contribution in [2.75, 3.05) is 26.2 Å². The Hall–Kier alpha value is -1.40. The topological polar surface area (TPSA) is 61.6 Å². The lowest BCUT2D eigenvalue weighted by Gasteiger charge is -2.36. The van der Waals surface area contributed by atoms with Crippen molar-refractivity contribution in [1.29, 1.82) is 0 Å². The molecule has 1 unspecified atom stereocenters. The fourth-order valence-corrected chi connectivity index (χ4v) is 2.38. The molecule has 1 aliphatic heterocycles. The molecule has 6 heteroatoms. The Balaban J connectivity index is 1.81. The smallest absolute Gasteiger partial charge is 0.320 e. The largest absolute Gasteiger partial charge is 0.480 e. The van der Waals surface area contributed by atoms with Gasteiger partial charge < -0.3 is 5.11 Å². The molecule has 0 aliphatic carbocycles. The monoisotopic (exact) mass is 266 g/mol. The van der Waals surface area contributed by atoms with Gasteiger partial charge in [0.2, 0.25) is 0 Å². The maximum absolute atomic E-state index is 10.9. The summed E-state index contributed by atoms with van der Waals surface area (Å²) in [6.45, 7) is 9.07. The Bertz CT molecular complexity index is 424. The third-order valence-corrected chi connectivity index (χ3v) is 3.73. The van der Waals surface area contributed by atoms with E-state index in [1.54, 1.807) is 6.92 Å². The van der Waals surface area contributed by atoms with Gasteiger partial charge in [0.1, 0.15) is 6.04 Å². The van der Waals surface area contributed by atoms with E-state index in [0.717, 1.165) is 39.3 Å². The van der Waals surface area contributed by atoms with Crippen LogP contribution < -0.4 is 0 Å². The fourth-order valence-electron chi connectivity index (χ4n) is 2.38. The summed E-state index contributed by atoms with van der Waals surface area (Å²) in [6, 6.07) is -0.384. The molecule has 2 rings (SSSR count). The molecule has 1 aromatic heterocycles. The first-order valence-electron chi connectivity index (χ1n) is 6.80. The Kier molecular flexibility index (Phi) is 4.55. The number of piperazine rings is 1. The van der Waals surface area contributed by atoms with Crippen LogP contribution in [0.4, 0.5) is 0 Å². The molecule has 0 bridgehead atoms. The highest BCUT2D eigenvalue weighted by Crippen LogP contribution is 2.10. The van der Waals surface area contributed by atoms with Crippen molar-refractivity contribution in [3.8, 4) is 0 Å². The van der Waals surface area contributed by atoms with E-state index in [9.17, 15) is 4.79 Å². The molecule has 6 nitrogen and oxygen atoms in total. The van der Waals surface area contributed by atoms with Crippen LogP contribution in [0.5, 0.6) is 0 Å². The van der Waals surface area contributed by atoms with Crippen molar-refractivity contribution in [3.63, 3.8) is 0 Å². The molecule has 2 heterocycles. The molecular weight excluding hydrogens is 244 g/mol. The molecular formula is C13H22N4O2. The average Bonchev–Trinajstić information content (AvgIpc) is 2.86. The van der Waals surface area contributed by atoms with E-state index in [1.807, 2.05) is 15.8 Å². The summed E-state index contributed by atoms with van der Waals surface area (Å²) >= 11 is 0. The standard InChI is InChI=1S/C13H22N4O2/c1-3-17-10-12(8-14-17)9-15-4-6-16(7-5-15)11(2)13(18)19/h8,10-11H,3-7,9H2,1-2H3,(H,18,19). The van der Waals surface area contributed by atoms with E-state index < -0.39 is 5.97 Å². The number of carboxylic acids is 1. The van der Waals surface area contributed by atoms with Gasteiger partial charge in [-0.1, -0.05) is 0 Å². The van der Waals surface area contributed by atoms with Gasteiger partial charge in [-0.3, -0.25) is 19.3 Å². The number of rotatable bonds is 5. The molecule has 1 aliphatic rings. The zero-order chi connectivity index (χ0) is 13.8. The van der Waals surface area contributed by atoms with Crippen molar-refractivity contribution in [2.45, 2.75) is 33.0 Å². The minimum absolute atomic E-state index is 0.384. The zero-order valence-electron chi connectivity index (χ0n) is 11.6. The van der Waals surface area contributed by atoms with Crippen molar-refractivity contribution in [1.82, 2.24) is 19.6 Å². The Morgan fingerprint density at radius 1 is 1.42 bits per heavy atom. The lowest BCUT2D eigenvalue weighted by molar-refractivity contribution is -0.143. The van der Waals surface area contributed by atoms with Gasteiger partial charge in [-0.25, -0.2) is 0 Å². The third kappa shape index (κ3) is 3.54. The van der Waals surface area contributed by atoms with Gasteiger partial charge in [0.05, 0.1) is 6.20 Å². The molecule has 1 aromatic rings. The summed E-state index contributed by atoms with van der Waals surface area (Å²) in [5.74, 6) is -0.738. The zero-order valence-corrected chi connectivity index (χ0v) is 11.6. The predicted octanol–water partition coefficient (Wildman–Crippen LogP) is 0.494. The average molecular weight is 266 g/mol. The van der Waals surface area contributed by atoms with Gasteiger partial charge in [-0.05, 0) is 13.8 Å². The normalized spacial score (nSPS) is 19.5. The summed E-state index contributed by atoms with van der Waals surface area (Å²) < 4.78 is 1.93. The van der Waals surface area contributed by atoms with E-state index in [2.05, 4.69) is 23.1 Å². The summed E-state index contributed by atoms with van der Waals surface area (Å²) in [4.78, 5) is 15.3. The number of carboxylic acid groups (broad SMARTS) is 1. The SMILES string of the molecule is CCn1cc(CN2CCN(C(C)C(=O)O)CC2)cn1. The summed E-state index contributed by atoms with van der Waals surface area (Å²) in [6.07, 6.45) is 3.99. The lowest BCUT2D eigenvalue weighted by Crippen LogP contribution is -2.51. The van der Waals surface area contributed by atoms with E-state index >= 15 is 0 Å². The van der Waals surface area contributed by atoms with Crippen LogP contribution >= 0.6 is 0 Å². The molecule has 0 spiro atoms. The highest BCUT2D eigenvalue weighted by molar-refractivity contribution is 5.72. The number of nitrogens with zero attached hydrogens (tertiary/aromatic N) is 4. The maximum Gasteiger partial charge on any atom is 0.320 e. The summed E-state index contributed by atoms with van der Waals surface area (Å²) in [5, 5.41) is 13.3. The Morgan fingerprint density at radius 3 is 2.63 bits per heavy atom. The van der Waals surface area contributed by atoms with Gasteiger partial charge in [0.15, 0.2) is 0 Å². The molecule has 106 valence electrons. The minimum atomic E-state index is -0.738. The van der Waals surface area contributed by atoms with Gasteiger partial charge in [-0.15, -0.1) is 0 Å². The second-order valence-electron chi connectivity index (χ2n) is 5.03. The minimum Gasteiger partial charge on any atom is -0.480 e. The predicted molar refractivity (Wildman–Crippen MR) is 71.8 cm³/mol. The van der Waals surface area contributed by atoms with Crippen molar-refractivity contribution < 1.29 is 9.90 Å². The number of aliphatic carboxylic acids is 1. The van der Waals surface area contributed by atoms with Crippen molar-refractivity contribution in [3.05, 3.63) is 18.0 Å². The Morgan fingerprint density at radius 2 is 2.11 bits per heavy atom. The second-order valence-corrected chi connectivity index (χ2v) is 5.03. The fraction of sp³-hybridized carbons (Fsp3) is 0.692.